The summed E-state index contributed by atoms with van der Waals surface area (Å²) in [6.45, 7) is 5.08. The Morgan fingerprint density at radius 2 is 1.66 bits per heavy atom. The van der Waals surface area contributed by atoms with E-state index in [-0.39, 0.29) is 0 Å². The van der Waals surface area contributed by atoms with Gasteiger partial charge >= 0.3 is 0 Å². The van der Waals surface area contributed by atoms with Gasteiger partial charge in [0.15, 0.2) is 5.96 Å². The molecule has 0 aliphatic heterocycles. The zero-order chi connectivity index (χ0) is 20.9. The number of ether oxygens (including phenoxy) is 4. The van der Waals surface area contributed by atoms with Gasteiger partial charge in [0, 0.05) is 31.8 Å². The molecule has 0 aliphatic rings. The molecule has 7 nitrogen and oxygen atoms in total. The summed E-state index contributed by atoms with van der Waals surface area (Å²) in [4.78, 5) is 4.66. The van der Waals surface area contributed by atoms with Crippen LogP contribution in [0.4, 0.5) is 0 Å². The first-order valence-corrected chi connectivity index (χ1v) is 9.64. The quantitative estimate of drug-likeness (QED) is 0.343. The standard InChI is InChI=1S/C22H31N3O4/c1-5-23-22(25-16-18-8-11-20(27-3)14-21(18)28-4)24-15-17-6-9-19(10-7-17)29-13-12-26-2/h6-11,14H,5,12-13,15-16H2,1-4H3,(H2,23,24,25). The van der Waals surface area contributed by atoms with Crippen LogP contribution in [0.3, 0.4) is 0 Å². The van der Waals surface area contributed by atoms with E-state index >= 15 is 0 Å². The molecule has 29 heavy (non-hydrogen) atoms. The van der Waals surface area contributed by atoms with E-state index in [0.717, 1.165) is 40.9 Å². The molecule has 0 spiro atoms. The molecule has 0 radical (unpaired) electrons. The topological polar surface area (TPSA) is 73.3 Å². The lowest BCUT2D eigenvalue weighted by Gasteiger charge is -2.14. The Kier molecular flexibility index (Phi) is 9.65. The minimum Gasteiger partial charge on any atom is -0.497 e. The molecular formula is C22H31N3O4. The van der Waals surface area contributed by atoms with Gasteiger partial charge in [-0.15, -0.1) is 0 Å². The van der Waals surface area contributed by atoms with Crippen LogP contribution in [0, 0.1) is 0 Å². The molecule has 2 rings (SSSR count). The second-order valence-corrected chi connectivity index (χ2v) is 6.21. The summed E-state index contributed by atoms with van der Waals surface area (Å²) in [6, 6.07) is 13.7. The molecule has 2 aromatic rings. The van der Waals surface area contributed by atoms with Crippen LogP contribution < -0.4 is 24.8 Å². The first-order valence-electron chi connectivity index (χ1n) is 9.64. The molecule has 2 aromatic carbocycles. The van der Waals surface area contributed by atoms with E-state index in [1.807, 2.05) is 49.4 Å². The summed E-state index contributed by atoms with van der Waals surface area (Å²) in [5.41, 5.74) is 2.12. The molecule has 0 saturated carbocycles. The average Bonchev–Trinajstić information content (AvgIpc) is 2.76. The third-order valence-electron chi connectivity index (χ3n) is 4.18. The highest BCUT2D eigenvalue weighted by atomic mass is 16.5. The molecule has 0 aromatic heterocycles. The minimum atomic E-state index is 0.539. The van der Waals surface area contributed by atoms with Gasteiger partial charge in [0.25, 0.3) is 0 Å². The molecule has 7 heteroatoms. The van der Waals surface area contributed by atoms with Crippen LogP contribution in [0.5, 0.6) is 17.2 Å². The Labute approximate surface area is 173 Å². The largest absolute Gasteiger partial charge is 0.497 e. The molecule has 2 N–H and O–H groups in total. The molecule has 0 amide bonds. The van der Waals surface area contributed by atoms with Crippen molar-refractivity contribution in [1.82, 2.24) is 10.6 Å². The van der Waals surface area contributed by atoms with Gasteiger partial charge in [0.2, 0.25) is 0 Å². The van der Waals surface area contributed by atoms with E-state index in [4.69, 9.17) is 18.9 Å². The lowest BCUT2D eigenvalue weighted by atomic mass is 10.2. The lowest BCUT2D eigenvalue weighted by Crippen LogP contribution is -2.36. The van der Waals surface area contributed by atoms with Gasteiger partial charge in [-0.2, -0.15) is 0 Å². The second-order valence-electron chi connectivity index (χ2n) is 6.21. The van der Waals surface area contributed by atoms with Crippen LogP contribution in [0.25, 0.3) is 0 Å². The number of hydrogen-bond acceptors (Lipinski definition) is 5. The molecule has 0 aliphatic carbocycles. The first-order chi connectivity index (χ1) is 14.2. The number of methoxy groups -OCH3 is 3. The number of nitrogens with one attached hydrogen (secondary N) is 2. The highest BCUT2D eigenvalue weighted by Crippen LogP contribution is 2.24. The number of guanidine groups is 1. The van der Waals surface area contributed by atoms with Crippen molar-refractivity contribution >= 4 is 5.96 Å². The van der Waals surface area contributed by atoms with Crippen molar-refractivity contribution in [2.24, 2.45) is 4.99 Å². The van der Waals surface area contributed by atoms with Gasteiger partial charge in [-0.05, 0) is 36.8 Å². The van der Waals surface area contributed by atoms with Crippen molar-refractivity contribution in [1.29, 1.82) is 0 Å². The summed E-state index contributed by atoms with van der Waals surface area (Å²) < 4.78 is 21.3. The van der Waals surface area contributed by atoms with E-state index in [1.165, 1.54) is 0 Å². The maximum Gasteiger partial charge on any atom is 0.191 e. The van der Waals surface area contributed by atoms with Gasteiger partial charge in [-0.3, -0.25) is 0 Å². The second kappa shape index (κ2) is 12.5. The molecule has 0 atom stereocenters. The van der Waals surface area contributed by atoms with Crippen molar-refractivity contribution in [3.63, 3.8) is 0 Å². The summed E-state index contributed by atoms with van der Waals surface area (Å²) in [5.74, 6) is 3.11. The van der Waals surface area contributed by atoms with Crippen LogP contribution in [0.15, 0.2) is 47.5 Å². The number of benzene rings is 2. The Hall–Kier alpha value is -2.93. The van der Waals surface area contributed by atoms with Crippen molar-refractivity contribution in [2.75, 3.05) is 41.1 Å². The summed E-state index contributed by atoms with van der Waals surface area (Å²) in [5, 5.41) is 6.61. The molecule has 0 saturated heterocycles. The van der Waals surface area contributed by atoms with E-state index in [1.54, 1.807) is 21.3 Å². The predicted octanol–water partition coefficient (Wildman–Crippen LogP) is 2.98. The number of rotatable bonds is 11. The van der Waals surface area contributed by atoms with Crippen LogP contribution in [0.1, 0.15) is 18.1 Å². The normalized spacial score (nSPS) is 11.1. The summed E-state index contributed by atoms with van der Waals surface area (Å²) >= 11 is 0. The Morgan fingerprint density at radius 3 is 2.31 bits per heavy atom. The number of hydrogen-bond donors (Lipinski definition) is 2. The molecular weight excluding hydrogens is 370 g/mol. The third kappa shape index (κ3) is 7.54. The third-order valence-corrected chi connectivity index (χ3v) is 4.18. The van der Waals surface area contributed by atoms with Crippen LogP contribution in [0.2, 0.25) is 0 Å². The van der Waals surface area contributed by atoms with E-state index in [9.17, 15) is 0 Å². The Bertz CT molecular complexity index is 763. The summed E-state index contributed by atoms with van der Waals surface area (Å²) in [7, 11) is 4.95. The van der Waals surface area contributed by atoms with Gasteiger partial charge in [-0.1, -0.05) is 12.1 Å². The molecule has 158 valence electrons. The van der Waals surface area contributed by atoms with Gasteiger partial charge in [-0.25, -0.2) is 4.99 Å². The van der Waals surface area contributed by atoms with Gasteiger partial charge < -0.3 is 29.6 Å². The maximum absolute atomic E-state index is 5.59. The maximum atomic E-state index is 5.59. The zero-order valence-electron chi connectivity index (χ0n) is 17.7. The first kappa shape index (κ1) is 22.4. The smallest absolute Gasteiger partial charge is 0.191 e. The fourth-order valence-corrected chi connectivity index (χ4v) is 2.62. The highest BCUT2D eigenvalue weighted by molar-refractivity contribution is 5.79. The molecule has 0 bridgehead atoms. The van der Waals surface area contributed by atoms with Crippen molar-refractivity contribution in [3.8, 4) is 17.2 Å². The fraction of sp³-hybridized carbons (Fsp3) is 0.409. The zero-order valence-corrected chi connectivity index (χ0v) is 17.7. The number of aliphatic imine (C=N–C) groups is 1. The van der Waals surface area contributed by atoms with Crippen LogP contribution >= 0.6 is 0 Å². The summed E-state index contributed by atoms with van der Waals surface area (Å²) in [6.07, 6.45) is 0. The number of nitrogens with zero attached hydrogens (tertiary/aromatic N) is 1. The van der Waals surface area contributed by atoms with E-state index in [0.29, 0.717) is 26.3 Å². The monoisotopic (exact) mass is 401 g/mol. The Balaban J connectivity index is 1.96. The molecule has 0 heterocycles. The van der Waals surface area contributed by atoms with Gasteiger partial charge in [0.05, 0.1) is 27.4 Å². The van der Waals surface area contributed by atoms with Gasteiger partial charge in [0.1, 0.15) is 23.9 Å². The van der Waals surface area contributed by atoms with Crippen molar-refractivity contribution in [3.05, 3.63) is 53.6 Å². The lowest BCUT2D eigenvalue weighted by molar-refractivity contribution is 0.146. The molecule has 0 fully saturated rings. The van der Waals surface area contributed by atoms with Crippen molar-refractivity contribution < 1.29 is 18.9 Å². The minimum absolute atomic E-state index is 0.539. The van der Waals surface area contributed by atoms with Crippen LogP contribution in [-0.2, 0) is 17.8 Å². The van der Waals surface area contributed by atoms with E-state index in [2.05, 4.69) is 15.6 Å². The SMILES string of the molecule is CCNC(=NCc1ccc(OCCOC)cc1)NCc1ccc(OC)cc1OC. The van der Waals surface area contributed by atoms with Crippen molar-refractivity contribution in [2.45, 2.75) is 20.0 Å². The predicted molar refractivity (Wildman–Crippen MR) is 115 cm³/mol. The highest BCUT2D eigenvalue weighted by Gasteiger charge is 2.06. The average molecular weight is 402 g/mol. The van der Waals surface area contributed by atoms with E-state index < -0.39 is 0 Å². The Morgan fingerprint density at radius 1 is 0.897 bits per heavy atom. The fourth-order valence-electron chi connectivity index (χ4n) is 2.62. The molecule has 0 unspecified atom stereocenters. The van der Waals surface area contributed by atoms with Crippen LogP contribution in [-0.4, -0.2) is 47.0 Å².